The van der Waals surface area contributed by atoms with E-state index in [1.54, 1.807) is 0 Å². The quantitative estimate of drug-likeness (QED) is 0.205. The van der Waals surface area contributed by atoms with Gasteiger partial charge in [-0.25, -0.2) is 14.2 Å². The van der Waals surface area contributed by atoms with Gasteiger partial charge in [0, 0.05) is 12.6 Å². The number of carbonyl (C=O) groups is 3. The molecule has 0 saturated carbocycles. The fourth-order valence-corrected chi connectivity index (χ4v) is 3.02. The molecule has 0 saturated heterocycles. The summed E-state index contributed by atoms with van der Waals surface area (Å²) in [5.41, 5.74) is 6.92. The second kappa shape index (κ2) is 8.05. The van der Waals surface area contributed by atoms with Crippen LogP contribution in [-0.4, -0.2) is 42.7 Å². The summed E-state index contributed by atoms with van der Waals surface area (Å²) in [6.45, 7) is -0.162. The van der Waals surface area contributed by atoms with Crippen molar-refractivity contribution in [2.45, 2.75) is 6.54 Å². The predicted molar refractivity (Wildman–Crippen MR) is 113 cm³/mol. The monoisotopic (exact) mass is 468 g/mol. The van der Waals surface area contributed by atoms with Crippen molar-refractivity contribution < 1.29 is 23.9 Å². The lowest BCUT2D eigenvalue weighted by Gasteiger charge is -2.12. The number of anilines is 3. The maximum Gasteiger partial charge on any atom is 0.354 e. The molecule has 0 atom stereocenters. The second-order valence-corrected chi connectivity index (χ2v) is 6.94. The highest BCUT2D eigenvalue weighted by Gasteiger charge is 2.23. The Morgan fingerprint density at radius 3 is 2.53 bits per heavy atom. The molecule has 0 aliphatic carbocycles. The number of benzene rings is 1. The van der Waals surface area contributed by atoms with Crippen LogP contribution in [0.1, 0.15) is 37.0 Å². The number of aromatic carboxylic acids is 1. The van der Waals surface area contributed by atoms with Crippen LogP contribution in [0.5, 0.6) is 0 Å². The predicted octanol–water partition coefficient (Wildman–Crippen LogP) is -1.09. The SMILES string of the molecule is NC(=O)c1nnn2c(C(=O)O)cc(C(=O)NCc3ccc(F)c(Nc4c(N)c(=O)c4=O)c3)nc12. The van der Waals surface area contributed by atoms with E-state index in [4.69, 9.17) is 11.5 Å². The number of carboxylic acid groups (broad SMARTS) is 1. The third-order valence-electron chi connectivity index (χ3n) is 4.75. The molecule has 0 aliphatic rings. The number of hydrogen-bond donors (Lipinski definition) is 5. The van der Waals surface area contributed by atoms with Crippen LogP contribution < -0.4 is 33.0 Å². The van der Waals surface area contributed by atoms with Crippen LogP contribution in [-0.2, 0) is 6.54 Å². The first-order chi connectivity index (χ1) is 16.1. The van der Waals surface area contributed by atoms with Crippen LogP contribution in [0.4, 0.5) is 21.5 Å². The maximum atomic E-state index is 14.1. The third kappa shape index (κ3) is 3.66. The lowest BCUT2D eigenvalue weighted by molar-refractivity contribution is 0.0686. The normalized spacial score (nSPS) is 11.0. The minimum absolute atomic E-state index is 0.158. The molecular formula is C19H13FN8O6. The number of rotatable bonds is 7. The Morgan fingerprint density at radius 1 is 1.15 bits per heavy atom. The average molecular weight is 468 g/mol. The Bertz CT molecular complexity index is 1590. The summed E-state index contributed by atoms with van der Waals surface area (Å²) < 4.78 is 14.9. The van der Waals surface area contributed by atoms with Gasteiger partial charge in [0.05, 0.1) is 5.69 Å². The smallest absolute Gasteiger partial charge is 0.354 e. The molecule has 2 amide bonds. The summed E-state index contributed by atoms with van der Waals surface area (Å²) in [5.74, 6) is -4.06. The van der Waals surface area contributed by atoms with Crippen molar-refractivity contribution in [2.24, 2.45) is 5.73 Å². The maximum absolute atomic E-state index is 14.1. The Morgan fingerprint density at radius 2 is 1.88 bits per heavy atom. The first kappa shape index (κ1) is 22.0. The van der Waals surface area contributed by atoms with Crippen LogP contribution in [0.15, 0.2) is 33.9 Å². The van der Waals surface area contributed by atoms with E-state index in [9.17, 15) is 33.5 Å². The van der Waals surface area contributed by atoms with E-state index in [0.717, 1.165) is 16.6 Å². The van der Waals surface area contributed by atoms with E-state index >= 15 is 0 Å². The van der Waals surface area contributed by atoms with Gasteiger partial charge in [-0.15, -0.1) is 5.10 Å². The number of nitrogens with one attached hydrogen (secondary N) is 2. The number of hydrogen-bond acceptors (Lipinski definition) is 10. The Balaban J connectivity index is 1.58. The molecule has 0 fully saturated rings. The minimum atomic E-state index is -1.46. The van der Waals surface area contributed by atoms with Crippen molar-refractivity contribution in [2.75, 3.05) is 11.1 Å². The topological polar surface area (TPSA) is 225 Å². The van der Waals surface area contributed by atoms with Crippen LogP contribution in [0.2, 0.25) is 0 Å². The van der Waals surface area contributed by atoms with Gasteiger partial charge in [-0.3, -0.25) is 19.2 Å². The molecule has 2 aromatic carbocycles. The van der Waals surface area contributed by atoms with Crippen molar-refractivity contribution in [1.29, 1.82) is 0 Å². The fourth-order valence-electron chi connectivity index (χ4n) is 3.02. The zero-order valence-corrected chi connectivity index (χ0v) is 16.8. The van der Waals surface area contributed by atoms with Gasteiger partial charge in [0.25, 0.3) is 22.7 Å². The highest BCUT2D eigenvalue weighted by atomic mass is 19.1. The van der Waals surface area contributed by atoms with E-state index in [0.29, 0.717) is 5.56 Å². The molecule has 0 spiro atoms. The molecule has 0 aliphatic heterocycles. The molecule has 7 N–H and O–H groups in total. The highest BCUT2D eigenvalue weighted by Crippen LogP contribution is 2.22. The summed E-state index contributed by atoms with van der Waals surface area (Å²) >= 11 is 0. The van der Waals surface area contributed by atoms with Gasteiger partial charge in [0.1, 0.15) is 22.9 Å². The van der Waals surface area contributed by atoms with E-state index in [-0.39, 0.29) is 34.9 Å². The Labute approximate surface area is 186 Å². The number of aromatic nitrogens is 4. The van der Waals surface area contributed by atoms with Gasteiger partial charge < -0.3 is 27.2 Å². The van der Waals surface area contributed by atoms with E-state index < -0.39 is 45.8 Å². The Kier molecular flexibility index (Phi) is 5.21. The molecule has 34 heavy (non-hydrogen) atoms. The largest absolute Gasteiger partial charge is 0.477 e. The summed E-state index contributed by atoms with van der Waals surface area (Å²) in [6, 6.07) is 4.61. The minimum Gasteiger partial charge on any atom is -0.477 e. The zero-order chi connectivity index (χ0) is 24.7. The first-order valence-corrected chi connectivity index (χ1v) is 9.30. The number of primary amides is 1. The van der Waals surface area contributed by atoms with Crippen LogP contribution in [0, 0.1) is 5.82 Å². The van der Waals surface area contributed by atoms with Crippen molar-refractivity contribution in [3.63, 3.8) is 0 Å². The molecule has 172 valence electrons. The van der Waals surface area contributed by atoms with Gasteiger partial charge in [0.2, 0.25) is 0 Å². The van der Waals surface area contributed by atoms with Gasteiger partial charge >= 0.3 is 5.97 Å². The number of nitrogens with two attached hydrogens (primary N) is 2. The van der Waals surface area contributed by atoms with Crippen molar-refractivity contribution >= 4 is 40.5 Å². The van der Waals surface area contributed by atoms with E-state index in [1.807, 2.05) is 0 Å². The number of carbonyl (C=O) groups excluding carboxylic acids is 2. The molecule has 4 aromatic rings. The molecule has 0 radical (unpaired) electrons. The van der Waals surface area contributed by atoms with Gasteiger partial charge in [-0.05, 0) is 17.7 Å². The van der Waals surface area contributed by atoms with Crippen molar-refractivity contribution in [1.82, 2.24) is 25.1 Å². The molecule has 4 rings (SSSR count). The Hall–Kier alpha value is -5.21. The number of nitrogen functional groups attached to an aromatic ring is 1. The standard InChI is InChI=1S/C19H13FN8O6/c20-7-2-1-6(3-8(7)24-12-11(21)14(29)15(12)30)5-23-18(32)9-4-10(19(33)34)28-17(25-9)13(16(22)31)26-27-28/h1-4,24H,5,21H2,(H2,22,31)(H,23,32)(H,33,34). The molecule has 0 bridgehead atoms. The molecular weight excluding hydrogens is 455 g/mol. The van der Waals surface area contributed by atoms with E-state index in [1.165, 1.54) is 12.1 Å². The molecule has 15 heteroatoms. The summed E-state index contributed by atoms with van der Waals surface area (Å²) in [4.78, 5) is 62.3. The molecule has 0 unspecified atom stereocenters. The number of nitrogens with zero attached hydrogens (tertiary/aromatic N) is 4. The molecule has 2 aromatic heterocycles. The lowest BCUT2D eigenvalue weighted by atomic mass is 10.1. The first-order valence-electron chi connectivity index (χ1n) is 9.30. The van der Waals surface area contributed by atoms with Crippen LogP contribution in [0.3, 0.4) is 0 Å². The number of amides is 2. The highest BCUT2D eigenvalue weighted by molar-refractivity contribution is 6.00. The summed E-state index contributed by atoms with van der Waals surface area (Å²) in [5, 5.41) is 21.3. The zero-order valence-electron chi connectivity index (χ0n) is 16.8. The van der Waals surface area contributed by atoms with E-state index in [2.05, 4.69) is 25.9 Å². The fraction of sp³-hybridized carbons (Fsp3) is 0.0526. The average Bonchev–Trinajstić information content (AvgIpc) is 3.25. The second-order valence-electron chi connectivity index (χ2n) is 6.94. The van der Waals surface area contributed by atoms with Crippen molar-refractivity contribution in [3.05, 3.63) is 73.2 Å². The van der Waals surface area contributed by atoms with Crippen LogP contribution >= 0.6 is 0 Å². The van der Waals surface area contributed by atoms with Gasteiger partial charge in [0.15, 0.2) is 17.0 Å². The third-order valence-corrected chi connectivity index (χ3v) is 4.75. The molecule has 14 nitrogen and oxygen atoms in total. The number of carboxylic acids is 1. The number of halogens is 1. The van der Waals surface area contributed by atoms with Crippen LogP contribution in [0.25, 0.3) is 5.65 Å². The summed E-state index contributed by atoms with van der Waals surface area (Å²) in [6.07, 6.45) is 0. The lowest BCUT2D eigenvalue weighted by Crippen LogP contribution is -2.36. The van der Waals surface area contributed by atoms with Gasteiger partial charge in [-0.1, -0.05) is 11.3 Å². The molecule has 2 heterocycles. The van der Waals surface area contributed by atoms with Gasteiger partial charge in [-0.2, -0.15) is 4.52 Å². The van der Waals surface area contributed by atoms with Crippen molar-refractivity contribution in [3.8, 4) is 0 Å². The number of fused-ring (bicyclic) bond motifs is 1. The summed E-state index contributed by atoms with van der Waals surface area (Å²) in [7, 11) is 0.